The van der Waals surface area contributed by atoms with Crippen molar-refractivity contribution < 1.29 is 4.79 Å². The molecule has 3 atom stereocenters. The van der Waals surface area contributed by atoms with Crippen molar-refractivity contribution in [3.8, 4) is 0 Å². The zero-order chi connectivity index (χ0) is 12.6. The van der Waals surface area contributed by atoms with E-state index < -0.39 is 0 Å². The summed E-state index contributed by atoms with van der Waals surface area (Å²) < 4.78 is 0. The van der Waals surface area contributed by atoms with E-state index in [1.54, 1.807) is 17.6 Å². The molecule has 2 aliphatic carbocycles. The number of nitrogens with one attached hydrogen (secondary N) is 1. The van der Waals surface area contributed by atoms with Crippen molar-refractivity contribution in [3.05, 3.63) is 22.4 Å². The molecule has 1 aromatic heterocycles. The van der Waals surface area contributed by atoms with Crippen LogP contribution in [0, 0.1) is 17.3 Å². The number of nitrogens with zero attached hydrogens (tertiary/aromatic N) is 1. The highest BCUT2D eigenvalue weighted by atomic mass is 32.1. The van der Waals surface area contributed by atoms with Crippen molar-refractivity contribution in [1.29, 1.82) is 0 Å². The Morgan fingerprint density at radius 2 is 2.50 bits per heavy atom. The molecular weight excluding hydrogens is 244 g/mol. The molecular formula is C14H18N2OS. The molecule has 0 spiro atoms. The standard InChI is InChI=1S/C14H18N2OS/c1-14-7-3-2-6-11(14)12(14)13(17)16-15-9-10-5-4-8-18-10/h4-5,8-9,11-12H,2-3,6-7H2,1H3,(H,16,17). The number of carbonyl (C=O) groups is 1. The summed E-state index contributed by atoms with van der Waals surface area (Å²) in [4.78, 5) is 13.1. The van der Waals surface area contributed by atoms with Crippen LogP contribution in [0.15, 0.2) is 22.6 Å². The number of thiophene rings is 1. The van der Waals surface area contributed by atoms with E-state index in [0.29, 0.717) is 5.92 Å². The van der Waals surface area contributed by atoms with Crippen molar-refractivity contribution in [2.24, 2.45) is 22.4 Å². The summed E-state index contributed by atoms with van der Waals surface area (Å²) in [6.07, 6.45) is 6.68. The largest absolute Gasteiger partial charge is 0.273 e. The van der Waals surface area contributed by atoms with E-state index in [2.05, 4.69) is 17.5 Å². The fourth-order valence-electron chi connectivity index (χ4n) is 3.44. The summed E-state index contributed by atoms with van der Waals surface area (Å²) in [5.41, 5.74) is 2.97. The fourth-order valence-corrected chi connectivity index (χ4v) is 4.03. The summed E-state index contributed by atoms with van der Waals surface area (Å²) in [5, 5.41) is 6.05. The number of amides is 1. The highest BCUT2D eigenvalue weighted by molar-refractivity contribution is 7.11. The summed E-state index contributed by atoms with van der Waals surface area (Å²) >= 11 is 1.62. The van der Waals surface area contributed by atoms with Gasteiger partial charge < -0.3 is 0 Å². The average Bonchev–Trinajstić information content (AvgIpc) is 2.71. The molecule has 2 aliphatic rings. The third-order valence-corrected chi connectivity index (χ3v) is 5.33. The lowest BCUT2D eigenvalue weighted by Crippen LogP contribution is -2.22. The van der Waals surface area contributed by atoms with Crippen molar-refractivity contribution in [1.82, 2.24) is 5.43 Å². The van der Waals surface area contributed by atoms with Gasteiger partial charge in [0, 0.05) is 10.8 Å². The quantitative estimate of drug-likeness (QED) is 0.660. The van der Waals surface area contributed by atoms with Crippen LogP contribution in [0.1, 0.15) is 37.5 Å². The molecule has 1 heterocycles. The molecule has 1 aromatic rings. The molecule has 1 N–H and O–H groups in total. The van der Waals surface area contributed by atoms with Gasteiger partial charge in [-0.25, -0.2) is 5.43 Å². The van der Waals surface area contributed by atoms with E-state index in [-0.39, 0.29) is 17.2 Å². The maximum absolute atomic E-state index is 12.1. The molecule has 1 amide bonds. The smallest absolute Gasteiger partial charge is 0.244 e. The van der Waals surface area contributed by atoms with Crippen LogP contribution >= 0.6 is 11.3 Å². The lowest BCUT2D eigenvalue weighted by molar-refractivity contribution is -0.123. The number of hydrogen-bond acceptors (Lipinski definition) is 3. The van der Waals surface area contributed by atoms with Gasteiger partial charge in [-0.15, -0.1) is 11.3 Å². The lowest BCUT2D eigenvalue weighted by Gasteiger charge is -2.15. The molecule has 0 bridgehead atoms. The first-order chi connectivity index (χ1) is 8.72. The van der Waals surface area contributed by atoms with Gasteiger partial charge in [-0.2, -0.15) is 5.10 Å². The van der Waals surface area contributed by atoms with Crippen LogP contribution in [-0.4, -0.2) is 12.1 Å². The first-order valence-electron chi connectivity index (χ1n) is 6.58. The Bertz CT molecular complexity index is 468. The van der Waals surface area contributed by atoms with Crippen LogP contribution in [0.25, 0.3) is 0 Å². The van der Waals surface area contributed by atoms with Crippen molar-refractivity contribution >= 4 is 23.5 Å². The Balaban J connectivity index is 1.57. The zero-order valence-electron chi connectivity index (χ0n) is 10.6. The Hall–Kier alpha value is -1.16. The van der Waals surface area contributed by atoms with Crippen molar-refractivity contribution in [2.45, 2.75) is 32.6 Å². The van der Waals surface area contributed by atoms with Crippen LogP contribution < -0.4 is 5.43 Å². The maximum atomic E-state index is 12.1. The van der Waals surface area contributed by atoms with E-state index in [4.69, 9.17) is 0 Å². The molecule has 2 saturated carbocycles. The normalized spacial score (nSPS) is 34.3. The van der Waals surface area contributed by atoms with Gasteiger partial charge in [-0.1, -0.05) is 25.8 Å². The molecule has 3 unspecified atom stereocenters. The van der Waals surface area contributed by atoms with Gasteiger partial charge in [0.25, 0.3) is 0 Å². The number of hydrogen-bond donors (Lipinski definition) is 1. The summed E-state index contributed by atoms with van der Waals surface area (Å²) in [6, 6.07) is 3.96. The van der Waals surface area contributed by atoms with Gasteiger partial charge in [0.15, 0.2) is 0 Å². The molecule has 4 heteroatoms. The number of hydrazone groups is 1. The van der Waals surface area contributed by atoms with Crippen molar-refractivity contribution in [2.75, 3.05) is 0 Å². The van der Waals surface area contributed by atoms with Gasteiger partial charge >= 0.3 is 0 Å². The third kappa shape index (κ3) is 1.99. The summed E-state index contributed by atoms with van der Waals surface area (Å²) in [5.74, 6) is 0.904. The topological polar surface area (TPSA) is 41.5 Å². The van der Waals surface area contributed by atoms with Gasteiger partial charge in [-0.05, 0) is 35.6 Å². The second kappa shape index (κ2) is 4.50. The van der Waals surface area contributed by atoms with Crippen LogP contribution in [-0.2, 0) is 4.79 Å². The minimum absolute atomic E-state index is 0.109. The number of fused-ring (bicyclic) bond motifs is 1. The van der Waals surface area contributed by atoms with Crippen LogP contribution in [0.2, 0.25) is 0 Å². The van der Waals surface area contributed by atoms with Gasteiger partial charge in [0.1, 0.15) is 0 Å². The predicted octanol–water partition coefficient (Wildman–Crippen LogP) is 3.02. The van der Waals surface area contributed by atoms with E-state index in [1.165, 1.54) is 25.7 Å². The summed E-state index contributed by atoms with van der Waals surface area (Å²) in [6.45, 7) is 2.25. The number of rotatable bonds is 3. The summed E-state index contributed by atoms with van der Waals surface area (Å²) in [7, 11) is 0. The molecule has 3 nitrogen and oxygen atoms in total. The zero-order valence-corrected chi connectivity index (χ0v) is 11.4. The molecule has 0 aliphatic heterocycles. The minimum atomic E-state index is 0.109. The van der Waals surface area contributed by atoms with E-state index in [1.807, 2.05) is 17.5 Å². The first-order valence-corrected chi connectivity index (χ1v) is 7.46. The Morgan fingerprint density at radius 1 is 1.61 bits per heavy atom. The third-order valence-electron chi connectivity index (χ3n) is 4.52. The van der Waals surface area contributed by atoms with Crippen LogP contribution in [0.3, 0.4) is 0 Å². The molecule has 96 valence electrons. The monoisotopic (exact) mass is 262 g/mol. The molecule has 2 fully saturated rings. The minimum Gasteiger partial charge on any atom is -0.273 e. The first kappa shape index (κ1) is 11.9. The molecule has 3 rings (SSSR count). The van der Waals surface area contributed by atoms with Crippen LogP contribution in [0.5, 0.6) is 0 Å². The van der Waals surface area contributed by atoms with Crippen molar-refractivity contribution in [3.63, 3.8) is 0 Å². The van der Waals surface area contributed by atoms with Crippen LogP contribution in [0.4, 0.5) is 0 Å². The average molecular weight is 262 g/mol. The molecule has 0 saturated heterocycles. The van der Waals surface area contributed by atoms with Gasteiger partial charge in [-0.3, -0.25) is 4.79 Å². The van der Waals surface area contributed by atoms with Gasteiger partial charge in [0.2, 0.25) is 5.91 Å². The molecule has 0 radical (unpaired) electrons. The fraction of sp³-hybridized carbons (Fsp3) is 0.571. The SMILES string of the molecule is CC12CCCCC1C2C(=O)NN=Cc1cccs1. The predicted molar refractivity (Wildman–Crippen MR) is 73.6 cm³/mol. The highest BCUT2D eigenvalue weighted by Crippen LogP contribution is 2.66. The van der Waals surface area contributed by atoms with E-state index >= 15 is 0 Å². The Morgan fingerprint density at radius 3 is 3.17 bits per heavy atom. The van der Waals surface area contributed by atoms with E-state index in [0.717, 1.165) is 4.88 Å². The second-order valence-corrected chi connectivity index (χ2v) is 6.56. The maximum Gasteiger partial charge on any atom is 0.244 e. The Kier molecular flexibility index (Phi) is 2.98. The second-order valence-electron chi connectivity index (χ2n) is 5.59. The van der Waals surface area contributed by atoms with Gasteiger partial charge in [0.05, 0.1) is 6.21 Å². The number of carbonyl (C=O) groups excluding carboxylic acids is 1. The highest BCUT2D eigenvalue weighted by Gasteiger charge is 2.64. The Labute approximate surface area is 111 Å². The molecule has 0 aromatic carbocycles. The van der Waals surface area contributed by atoms with E-state index in [9.17, 15) is 4.79 Å². The molecule has 18 heavy (non-hydrogen) atoms. The lowest BCUT2D eigenvalue weighted by atomic mass is 9.90.